The molecule has 2 rings (SSSR count). The van der Waals surface area contributed by atoms with E-state index in [0.717, 1.165) is 30.9 Å². The Morgan fingerprint density at radius 2 is 2.10 bits per heavy atom. The van der Waals surface area contributed by atoms with E-state index in [9.17, 15) is 9.90 Å². The number of methoxy groups -OCH3 is 1. The van der Waals surface area contributed by atoms with E-state index in [1.165, 1.54) is 12.8 Å². The van der Waals surface area contributed by atoms with Gasteiger partial charge in [0.25, 0.3) is 0 Å². The Labute approximate surface area is 125 Å². The molecule has 0 saturated carbocycles. The van der Waals surface area contributed by atoms with E-state index < -0.39 is 12.1 Å². The highest BCUT2D eigenvalue weighted by Gasteiger charge is 2.21. The van der Waals surface area contributed by atoms with E-state index in [0.29, 0.717) is 5.56 Å². The summed E-state index contributed by atoms with van der Waals surface area (Å²) in [7, 11) is 1.63. The number of hydrogen-bond donors (Lipinski definition) is 1. The third kappa shape index (κ3) is 3.95. The molecule has 1 aliphatic rings. The highest BCUT2D eigenvalue weighted by atomic mass is 16.5. The quantitative estimate of drug-likeness (QED) is 0.812. The number of carbonyl (C=O) groups is 1. The molecule has 0 amide bonds. The fraction of sp³-hybridized carbons (Fsp3) is 0.562. The van der Waals surface area contributed by atoms with E-state index in [4.69, 9.17) is 9.47 Å². The highest BCUT2D eigenvalue weighted by Crippen LogP contribution is 2.26. The van der Waals surface area contributed by atoms with Crippen LogP contribution >= 0.6 is 0 Å². The van der Waals surface area contributed by atoms with E-state index in [1.54, 1.807) is 26.2 Å². The van der Waals surface area contributed by atoms with Crippen molar-refractivity contribution in [3.8, 4) is 5.75 Å². The molecule has 1 aromatic carbocycles. The second-order valence-electron chi connectivity index (χ2n) is 5.21. The van der Waals surface area contributed by atoms with Gasteiger partial charge in [0, 0.05) is 12.1 Å². The van der Waals surface area contributed by atoms with Crippen molar-refractivity contribution in [1.82, 2.24) is 4.90 Å². The number of hydrogen-bond acceptors (Lipinski definition) is 5. The minimum atomic E-state index is -1.24. The maximum absolute atomic E-state index is 11.6. The zero-order valence-electron chi connectivity index (χ0n) is 12.7. The van der Waals surface area contributed by atoms with Gasteiger partial charge in [-0.25, -0.2) is 4.79 Å². The molecule has 1 saturated heterocycles. The molecule has 5 heteroatoms. The molecule has 1 atom stereocenters. The highest BCUT2D eigenvalue weighted by molar-refractivity contribution is 5.76. The molecule has 0 spiro atoms. The lowest BCUT2D eigenvalue weighted by molar-refractivity contribution is -0.153. The third-order valence-electron chi connectivity index (χ3n) is 3.72. The van der Waals surface area contributed by atoms with Crippen LogP contribution in [0.1, 0.15) is 37.0 Å². The Balaban J connectivity index is 2.17. The van der Waals surface area contributed by atoms with Crippen molar-refractivity contribution in [3.05, 3.63) is 29.3 Å². The Kier molecular flexibility index (Phi) is 5.59. The van der Waals surface area contributed by atoms with Gasteiger partial charge in [0.15, 0.2) is 6.10 Å². The number of nitrogens with zero attached hydrogens (tertiary/aromatic N) is 1. The standard InChI is InChI=1S/C16H23NO4/c1-3-21-16(19)15(18)12-6-7-14(20-2)13(10-12)11-17-8-4-5-9-17/h6-7,10,15,18H,3-5,8-9,11H2,1-2H3. The van der Waals surface area contributed by atoms with E-state index in [-0.39, 0.29) is 6.61 Å². The minimum absolute atomic E-state index is 0.257. The van der Waals surface area contributed by atoms with Gasteiger partial charge in [0.05, 0.1) is 13.7 Å². The largest absolute Gasteiger partial charge is 0.496 e. The molecule has 0 aliphatic carbocycles. The van der Waals surface area contributed by atoms with Gasteiger partial charge in [-0.1, -0.05) is 6.07 Å². The van der Waals surface area contributed by atoms with Crippen LogP contribution in [0.5, 0.6) is 5.75 Å². The van der Waals surface area contributed by atoms with Crippen LogP contribution < -0.4 is 4.74 Å². The van der Waals surface area contributed by atoms with Gasteiger partial charge in [0.2, 0.25) is 0 Å². The summed E-state index contributed by atoms with van der Waals surface area (Å²) in [6, 6.07) is 5.33. The zero-order chi connectivity index (χ0) is 15.2. The smallest absolute Gasteiger partial charge is 0.339 e. The molecule has 5 nitrogen and oxygen atoms in total. The number of aliphatic hydroxyl groups excluding tert-OH is 1. The average molecular weight is 293 g/mol. The average Bonchev–Trinajstić information content (AvgIpc) is 2.99. The SMILES string of the molecule is CCOC(=O)C(O)c1ccc(OC)c(CN2CCCC2)c1. The zero-order valence-corrected chi connectivity index (χ0v) is 12.7. The molecule has 1 unspecified atom stereocenters. The fourth-order valence-corrected chi connectivity index (χ4v) is 2.63. The van der Waals surface area contributed by atoms with Crippen molar-refractivity contribution in [1.29, 1.82) is 0 Å². The van der Waals surface area contributed by atoms with E-state index in [1.807, 2.05) is 6.07 Å². The van der Waals surface area contributed by atoms with E-state index >= 15 is 0 Å². The lowest BCUT2D eigenvalue weighted by Crippen LogP contribution is -2.20. The van der Waals surface area contributed by atoms with Gasteiger partial charge >= 0.3 is 5.97 Å². The molecule has 1 N–H and O–H groups in total. The van der Waals surface area contributed by atoms with Crippen LogP contribution in [-0.4, -0.2) is 42.8 Å². The van der Waals surface area contributed by atoms with Crippen LogP contribution in [0.3, 0.4) is 0 Å². The number of carbonyl (C=O) groups excluding carboxylic acids is 1. The normalized spacial score (nSPS) is 16.7. The number of rotatable bonds is 6. The fourth-order valence-electron chi connectivity index (χ4n) is 2.63. The summed E-state index contributed by atoms with van der Waals surface area (Å²) in [5, 5.41) is 10.0. The summed E-state index contributed by atoms with van der Waals surface area (Å²) in [5.74, 6) is 0.163. The molecular weight excluding hydrogens is 270 g/mol. The number of ether oxygens (including phenoxy) is 2. The van der Waals surface area contributed by atoms with Gasteiger partial charge in [-0.2, -0.15) is 0 Å². The first kappa shape index (κ1) is 15.8. The maximum Gasteiger partial charge on any atom is 0.339 e. The molecule has 1 aliphatic heterocycles. The van der Waals surface area contributed by atoms with Crippen molar-refractivity contribution in [2.75, 3.05) is 26.8 Å². The Bertz CT molecular complexity index is 483. The minimum Gasteiger partial charge on any atom is -0.496 e. The second-order valence-corrected chi connectivity index (χ2v) is 5.21. The number of benzene rings is 1. The van der Waals surface area contributed by atoms with Crippen LogP contribution in [0.15, 0.2) is 18.2 Å². The van der Waals surface area contributed by atoms with Gasteiger partial charge in [-0.05, 0) is 50.6 Å². The predicted octanol–water partition coefficient (Wildman–Crippen LogP) is 1.89. The summed E-state index contributed by atoms with van der Waals surface area (Å²) in [6.07, 6.45) is 1.19. The number of likely N-dealkylation sites (tertiary alicyclic amines) is 1. The third-order valence-corrected chi connectivity index (χ3v) is 3.72. The van der Waals surface area contributed by atoms with Crippen molar-refractivity contribution >= 4 is 5.97 Å². The Morgan fingerprint density at radius 1 is 1.38 bits per heavy atom. The lowest BCUT2D eigenvalue weighted by Gasteiger charge is -2.18. The summed E-state index contributed by atoms with van der Waals surface area (Å²) in [4.78, 5) is 14.0. The van der Waals surface area contributed by atoms with Crippen molar-refractivity contribution in [2.24, 2.45) is 0 Å². The van der Waals surface area contributed by atoms with E-state index in [2.05, 4.69) is 4.90 Å². The molecule has 0 aromatic heterocycles. The van der Waals surface area contributed by atoms with Crippen molar-refractivity contribution in [2.45, 2.75) is 32.4 Å². The van der Waals surface area contributed by atoms with Gasteiger partial charge < -0.3 is 14.6 Å². The topological polar surface area (TPSA) is 59.0 Å². The predicted molar refractivity (Wildman–Crippen MR) is 79.1 cm³/mol. The maximum atomic E-state index is 11.6. The molecule has 116 valence electrons. The summed E-state index contributed by atoms with van der Waals surface area (Å²) in [5.41, 5.74) is 1.53. The van der Waals surface area contributed by atoms with Crippen molar-refractivity contribution in [3.63, 3.8) is 0 Å². The summed E-state index contributed by atoms with van der Waals surface area (Å²) in [6.45, 7) is 4.90. The van der Waals surface area contributed by atoms with Crippen LogP contribution in [0, 0.1) is 0 Å². The molecular formula is C16H23NO4. The molecule has 1 aromatic rings. The van der Waals surface area contributed by atoms with Gasteiger partial charge in [-0.15, -0.1) is 0 Å². The molecule has 0 radical (unpaired) electrons. The lowest BCUT2D eigenvalue weighted by atomic mass is 10.0. The second kappa shape index (κ2) is 7.43. The van der Waals surface area contributed by atoms with Gasteiger partial charge in [-0.3, -0.25) is 4.90 Å². The van der Waals surface area contributed by atoms with Crippen LogP contribution in [0.2, 0.25) is 0 Å². The summed E-state index contributed by atoms with van der Waals surface area (Å²) >= 11 is 0. The first-order valence-electron chi connectivity index (χ1n) is 7.39. The molecule has 0 bridgehead atoms. The first-order valence-corrected chi connectivity index (χ1v) is 7.39. The molecule has 1 fully saturated rings. The molecule has 1 heterocycles. The monoisotopic (exact) mass is 293 g/mol. The van der Waals surface area contributed by atoms with Crippen LogP contribution in [0.4, 0.5) is 0 Å². The summed E-state index contributed by atoms with van der Waals surface area (Å²) < 4.78 is 10.2. The number of esters is 1. The van der Waals surface area contributed by atoms with Gasteiger partial charge in [0.1, 0.15) is 5.75 Å². The van der Waals surface area contributed by atoms with Crippen LogP contribution in [-0.2, 0) is 16.1 Å². The molecule has 21 heavy (non-hydrogen) atoms. The Morgan fingerprint density at radius 3 is 2.71 bits per heavy atom. The first-order chi connectivity index (χ1) is 10.2. The van der Waals surface area contributed by atoms with Crippen molar-refractivity contribution < 1.29 is 19.4 Å². The Hall–Kier alpha value is -1.59. The number of aliphatic hydroxyl groups is 1. The van der Waals surface area contributed by atoms with Crippen LogP contribution in [0.25, 0.3) is 0 Å².